The Balaban J connectivity index is 2.68. The maximum absolute atomic E-state index is 12.5. The minimum atomic E-state index is -1.04. The lowest BCUT2D eigenvalue weighted by Crippen LogP contribution is -2.42. The molecule has 0 aliphatic rings. The van der Waals surface area contributed by atoms with E-state index < -0.39 is 18.2 Å². The molecule has 0 aliphatic heterocycles. The summed E-state index contributed by atoms with van der Waals surface area (Å²) in [5.74, 6) is -0.790. The third-order valence-electron chi connectivity index (χ3n) is 3.43. The number of carbonyl (C=O) groups is 2. The van der Waals surface area contributed by atoms with Crippen molar-refractivity contribution in [2.45, 2.75) is 45.6 Å². The van der Waals surface area contributed by atoms with Crippen LogP contribution in [0.2, 0.25) is 0 Å². The molecular formula is C17H25NO5. The Bertz CT molecular complexity index is 514. The minimum absolute atomic E-state index is 0.188. The van der Waals surface area contributed by atoms with Crippen molar-refractivity contribution in [3.05, 3.63) is 24.3 Å². The van der Waals surface area contributed by atoms with Gasteiger partial charge in [0, 0.05) is 12.3 Å². The molecular weight excluding hydrogens is 298 g/mol. The topological polar surface area (TPSA) is 84.9 Å². The summed E-state index contributed by atoms with van der Waals surface area (Å²) < 4.78 is 10.7. The number of hydrogen-bond donors (Lipinski definition) is 2. The van der Waals surface area contributed by atoms with Crippen LogP contribution in [0, 0.1) is 0 Å². The van der Waals surface area contributed by atoms with Gasteiger partial charge in [-0.2, -0.15) is 0 Å². The van der Waals surface area contributed by atoms with E-state index in [-0.39, 0.29) is 5.91 Å². The fourth-order valence-electron chi connectivity index (χ4n) is 2.13. The van der Waals surface area contributed by atoms with E-state index in [1.807, 2.05) is 6.92 Å². The zero-order valence-corrected chi connectivity index (χ0v) is 13.9. The highest BCUT2D eigenvalue weighted by molar-refractivity contribution is 5.97. The number of carboxylic acid groups (broad SMARTS) is 1. The van der Waals surface area contributed by atoms with Crippen molar-refractivity contribution in [3.8, 4) is 5.75 Å². The maximum atomic E-state index is 12.5. The van der Waals surface area contributed by atoms with Crippen molar-refractivity contribution in [1.29, 1.82) is 0 Å². The molecule has 0 heterocycles. The second-order valence-electron chi connectivity index (χ2n) is 5.43. The summed E-state index contributed by atoms with van der Waals surface area (Å²) in [6, 6.07) is 6.56. The van der Waals surface area contributed by atoms with Crippen LogP contribution in [0.3, 0.4) is 0 Å². The zero-order chi connectivity index (χ0) is 17.3. The first kappa shape index (κ1) is 19.0. The molecule has 0 saturated carbocycles. The summed E-state index contributed by atoms with van der Waals surface area (Å²) >= 11 is 0. The van der Waals surface area contributed by atoms with Gasteiger partial charge in [-0.15, -0.1) is 0 Å². The molecule has 0 radical (unpaired) electrons. The molecule has 2 N–H and O–H groups in total. The van der Waals surface area contributed by atoms with Gasteiger partial charge >= 0.3 is 5.97 Å². The molecule has 1 amide bonds. The minimum Gasteiger partial charge on any atom is -0.482 e. The number of amides is 1. The molecule has 0 bridgehead atoms. The van der Waals surface area contributed by atoms with Crippen molar-refractivity contribution >= 4 is 17.6 Å². The molecule has 128 valence electrons. The van der Waals surface area contributed by atoms with Crippen LogP contribution < -0.4 is 10.1 Å². The van der Waals surface area contributed by atoms with Crippen molar-refractivity contribution in [2.75, 3.05) is 18.5 Å². The monoisotopic (exact) mass is 323 g/mol. The molecule has 6 heteroatoms. The lowest BCUT2D eigenvalue weighted by Gasteiger charge is -2.28. The molecule has 1 aromatic rings. The molecule has 0 unspecified atom stereocenters. The number of nitrogens with one attached hydrogen (secondary N) is 1. The van der Waals surface area contributed by atoms with E-state index >= 15 is 0 Å². The van der Waals surface area contributed by atoms with Gasteiger partial charge in [-0.25, -0.2) is 4.79 Å². The summed E-state index contributed by atoms with van der Waals surface area (Å²) in [6.07, 6.45) is 2.56. The van der Waals surface area contributed by atoms with Crippen molar-refractivity contribution < 1.29 is 24.2 Å². The molecule has 0 fully saturated rings. The van der Waals surface area contributed by atoms with E-state index in [1.165, 1.54) is 0 Å². The second kappa shape index (κ2) is 9.15. The molecule has 1 atom stereocenters. The average molecular weight is 323 g/mol. The molecule has 0 aliphatic carbocycles. The van der Waals surface area contributed by atoms with E-state index in [0.29, 0.717) is 24.5 Å². The van der Waals surface area contributed by atoms with Gasteiger partial charge in [0.2, 0.25) is 0 Å². The molecule has 1 aromatic carbocycles. The van der Waals surface area contributed by atoms with E-state index in [2.05, 4.69) is 12.2 Å². The Labute approximate surface area is 136 Å². The fourth-order valence-corrected chi connectivity index (χ4v) is 2.13. The Kier molecular flexibility index (Phi) is 7.54. The van der Waals surface area contributed by atoms with Crippen LogP contribution in [0.5, 0.6) is 5.75 Å². The Morgan fingerprint density at radius 1 is 1.22 bits per heavy atom. The summed E-state index contributed by atoms with van der Waals surface area (Å²) in [4.78, 5) is 22.9. The summed E-state index contributed by atoms with van der Waals surface area (Å²) in [5, 5.41) is 11.4. The highest BCUT2D eigenvalue weighted by Crippen LogP contribution is 2.22. The van der Waals surface area contributed by atoms with Crippen LogP contribution in [0.25, 0.3) is 0 Å². The lowest BCUT2D eigenvalue weighted by molar-refractivity contribution is -0.140. The number of carboxylic acids is 1. The van der Waals surface area contributed by atoms with E-state index in [4.69, 9.17) is 14.6 Å². The van der Waals surface area contributed by atoms with E-state index in [1.54, 1.807) is 31.2 Å². The van der Waals surface area contributed by atoms with E-state index in [0.717, 1.165) is 12.8 Å². The SMILES string of the molecule is CCCC[C@@](C)(OCC)C(=O)Nc1ccc(OCC(=O)O)cc1. The number of rotatable bonds is 10. The van der Waals surface area contributed by atoms with Crippen LogP contribution in [-0.4, -0.2) is 35.8 Å². The van der Waals surface area contributed by atoms with Crippen LogP contribution in [0.15, 0.2) is 24.3 Å². The Hall–Kier alpha value is -2.08. The molecule has 0 saturated heterocycles. The van der Waals surface area contributed by atoms with Gasteiger partial charge in [0.05, 0.1) is 0 Å². The fraction of sp³-hybridized carbons (Fsp3) is 0.529. The zero-order valence-electron chi connectivity index (χ0n) is 13.9. The quantitative estimate of drug-likeness (QED) is 0.691. The summed E-state index contributed by atoms with van der Waals surface area (Å²) in [6.45, 7) is 5.80. The van der Waals surface area contributed by atoms with Gasteiger partial charge in [-0.05, 0) is 44.5 Å². The summed E-state index contributed by atoms with van der Waals surface area (Å²) in [5.41, 5.74) is -0.247. The van der Waals surface area contributed by atoms with Crippen LogP contribution >= 0.6 is 0 Å². The lowest BCUT2D eigenvalue weighted by atomic mass is 9.97. The normalized spacial score (nSPS) is 13.2. The number of ether oxygens (including phenoxy) is 2. The largest absolute Gasteiger partial charge is 0.482 e. The first-order valence-electron chi connectivity index (χ1n) is 7.81. The van der Waals surface area contributed by atoms with Gasteiger partial charge < -0.3 is 19.9 Å². The van der Waals surface area contributed by atoms with Crippen LogP contribution in [0.4, 0.5) is 5.69 Å². The average Bonchev–Trinajstić information content (AvgIpc) is 2.52. The highest BCUT2D eigenvalue weighted by Gasteiger charge is 2.33. The van der Waals surface area contributed by atoms with Crippen LogP contribution in [-0.2, 0) is 14.3 Å². The molecule has 6 nitrogen and oxygen atoms in total. The highest BCUT2D eigenvalue weighted by atomic mass is 16.5. The van der Waals surface area contributed by atoms with Gasteiger partial charge in [-0.3, -0.25) is 4.79 Å². The standard InChI is InChI=1S/C17H25NO5/c1-4-6-11-17(3,23-5-2)16(21)18-13-7-9-14(10-8-13)22-12-15(19)20/h7-10H,4-6,11-12H2,1-3H3,(H,18,21)(H,19,20)/t17-/m1/s1. The van der Waals surface area contributed by atoms with Crippen molar-refractivity contribution in [3.63, 3.8) is 0 Å². The number of anilines is 1. The van der Waals surface area contributed by atoms with Gasteiger partial charge in [0.1, 0.15) is 11.4 Å². The number of aliphatic carboxylic acids is 1. The molecule has 1 rings (SSSR count). The van der Waals surface area contributed by atoms with Gasteiger partial charge in [0.25, 0.3) is 5.91 Å². The van der Waals surface area contributed by atoms with Crippen molar-refractivity contribution in [2.24, 2.45) is 0 Å². The summed E-state index contributed by atoms with van der Waals surface area (Å²) in [7, 11) is 0. The molecule has 23 heavy (non-hydrogen) atoms. The first-order chi connectivity index (χ1) is 10.9. The number of benzene rings is 1. The number of hydrogen-bond acceptors (Lipinski definition) is 4. The number of carbonyl (C=O) groups excluding carboxylic acids is 1. The number of unbranched alkanes of at least 4 members (excludes halogenated alkanes) is 1. The molecule has 0 aromatic heterocycles. The third kappa shape index (κ3) is 6.28. The maximum Gasteiger partial charge on any atom is 0.341 e. The van der Waals surface area contributed by atoms with Gasteiger partial charge in [-0.1, -0.05) is 19.8 Å². The van der Waals surface area contributed by atoms with Crippen LogP contribution in [0.1, 0.15) is 40.0 Å². The third-order valence-corrected chi connectivity index (χ3v) is 3.43. The Morgan fingerprint density at radius 2 is 1.87 bits per heavy atom. The second-order valence-corrected chi connectivity index (χ2v) is 5.43. The predicted molar refractivity (Wildman–Crippen MR) is 87.8 cm³/mol. The molecule has 0 spiro atoms. The van der Waals surface area contributed by atoms with E-state index in [9.17, 15) is 9.59 Å². The first-order valence-corrected chi connectivity index (χ1v) is 7.81. The predicted octanol–water partition coefficient (Wildman–Crippen LogP) is 3.07. The smallest absolute Gasteiger partial charge is 0.341 e. The van der Waals surface area contributed by atoms with Crippen molar-refractivity contribution in [1.82, 2.24) is 0 Å². The van der Waals surface area contributed by atoms with Gasteiger partial charge in [0.15, 0.2) is 6.61 Å². The Morgan fingerprint density at radius 3 is 2.39 bits per heavy atom.